The quantitative estimate of drug-likeness (QED) is 0.795. The minimum Gasteiger partial charge on any atom is -0.348 e. The van der Waals surface area contributed by atoms with Crippen LogP contribution in [0.25, 0.3) is 0 Å². The Kier molecular flexibility index (Phi) is 6.71. The van der Waals surface area contributed by atoms with Gasteiger partial charge in [0.1, 0.15) is 5.78 Å². The molecule has 0 fully saturated rings. The van der Waals surface area contributed by atoms with Gasteiger partial charge in [-0.05, 0) is 23.3 Å². The van der Waals surface area contributed by atoms with Crippen molar-refractivity contribution in [2.45, 2.75) is 39.4 Å². The zero-order valence-corrected chi connectivity index (χ0v) is 15.1. The zero-order valence-electron chi connectivity index (χ0n) is 15.1. The first-order valence-corrected chi connectivity index (χ1v) is 8.54. The number of ketones is 1. The maximum Gasteiger partial charge on any atom is 0.393 e. The summed E-state index contributed by atoms with van der Waals surface area (Å²) in [5.74, 6) is -0.404. The fourth-order valence-electron chi connectivity index (χ4n) is 2.39. The third kappa shape index (κ3) is 6.84. The molecule has 2 aromatic rings. The maximum atomic E-state index is 12.4. The van der Waals surface area contributed by atoms with Crippen molar-refractivity contribution in [2.24, 2.45) is 5.92 Å². The van der Waals surface area contributed by atoms with Gasteiger partial charge in [-0.1, -0.05) is 38.1 Å². The van der Waals surface area contributed by atoms with E-state index in [1.807, 2.05) is 0 Å². The lowest BCUT2D eigenvalue weighted by molar-refractivity contribution is -0.127. The van der Waals surface area contributed by atoms with E-state index in [4.69, 9.17) is 0 Å². The highest BCUT2D eigenvalue weighted by atomic mass is 19.4. The Morgan fingerprint density at radius 2 is 1.70 bits per heavy atom. The highest BCUT2D eigenvalue weighted by Crippen LogP contribution is 2.21. The van der Waals surface area contributed by atoms with Gasteiger partial charge >= 0.3 is 6.18 Å². The molecule has 1 N–H and O–H groups in total. The van der Waals surface area contributed by atoms with Crippen LogP contribution in [0, 0.1) is 5.92 Å². The summed E-state index contributed by atoms with van der Waals surface area (Å²) in [4.78, 5) is 28.2. The predicted octanol–water partition coefficient (Wildman–Crippen LogP) is 3.88. The Balaban J connectivity index is 1.94. The van der Waals surface area contributed by atoms with E-state index in [-0.39, 0.29) is 36.1 Å². The second-order valence-corrected chi connectivity index (χ2v) is 6.62. The molecule has 0 radical (unpaired) electrons. The average molecular weight is 378 g/mol. The van der Waals surface area contributed by atoms with Crippen LogP contribution in [-0.2, 0) is 24.2 Å². The van der Waals surface area contributed by atoms with Crippen LogP contribution in [0.5, 0.6) is 0 Å². The van der Waals surface area contributed by atoms with E-state index in [1.165, 1.54) is 18.3 Å². The zero-order chi connectivity index (χ0) is 20.0. The summed E-state index contributed by atoms with van der Waals surface area (Å²) in [5, 5.41) is 2.71. The van der Waals surface area contributed by atoms with Crippen molar-refractivity contribution in [3.05, 3.63) is 65.0 Å². The number of nitrogens with zero attached hydrogens (tertiary/aromatic N) is 1. The van der Waals surface area contributed by atoms with Crippen molar-refractivity contribution in [1.29, 1.82) is 0 Å². The van der Waals surface area contributed by atoms with Gasteiger partial charge in [0, 0.05) is 36.3 Å². The molecule has 0 aliphatic rings. The number of hydrogen-bond donors (Lipinski definition) is 1. The third-order valence-electron chi connectivity index (χ3n) is 3.96. The predicted molar refractivity (Wildman–Crippen MR) is 95.2 cm³/mol. The van der Waals surface area contributed by atoms with Gasteiger partial charge < -0.3 is 5.32 Å². The highest BCUT2D eigenvalue weighted by molar-refractivity contribution is 5.94. The summed E-state index contributed by atoms with van der Waals surface area (Å²) in [6, 6.07) is 9.03. The Labute approximate surface area is 155 Å². The summed E-state index contributed by atoms with van der Waals surface area (Å²) in [6.07, 6.45) is -3.58. The number of aromatic nitrogens is 1. The van der Waals surface area contributed by atoms with Gasteiger partial charge in [0.15, 0.2) is 0 Å². The lowest BCUT2D eigenvalue weighted by atomic mass is 10.0. The smallest absolute Gasteiger partial charge is 0.348 e. The highest BCUT2D eigenvalue weighted by Gasteiger charge is 2.27. The molecule has 2 rings (SSSR count). The summed E-state index contributed by atoms with van der Waals surface area (Å²) in [6.45, 7) is 3.80. The molecule has 0 unspecified atom stereocenters. The molecular weight excluding hydrogens is 357 g/mol. The van der Waals surface area contributed by atoms with E-state index in [9.17, 15) is 22.8 Å². The Morgan fingerprint density at radius 3 is 2.30 bits per heavy atom. The number of amides is 1. The number of alkyl halides is 3. The van der Waals surface area contributed by atoms with Gasteiger partial charge in [-0.2, -0.15) is 13.2 Å². The lowest BCUT2D eigenvalue weighted by Gasteiger charge is -2.09. The Morgan fingerprint density at radius 1 is 1.07 bits per heavy atom. The molecule has 1 amide bonds. The van der Waals surface area contributed by atoms with E-state index in [2.05, 4.69) is 10.3 Å². The molecule has 0 spiro atoms. The summed E-state index contributed by atoms with van der Waals surface area (Å²) in [5.41, 5.74) is 1.77. The molecule has 0 saturated heterocycles. The van der Waals surface area contributed by atoms with Crippen molar-refractivity contribution in [3.8, 4) is 0 Å². The molecule has 0 aliphatic heterocycles. The molecule has 0 bridgehead atoms. The van der Waals surface area contributed by atoms with Crippen molar-refractivity contribution < 1.29 is 22.8 Å². The minimum absolute atomic E-state index is 0.0407. The SMILES string of the molecule is CC(C)C(=O)Cc1cc(C(=O)NCc2ccc(CC(F)(F)F)cc2)ccn1. The fourth-order valence-corrected chi connectivity index (χ4v) is 2.39. The monoisotopic (exact) mass is 378 g/mol. The first-order valence-electron chi connectivity index (χ1n) is 8.54. The number of benzene rings is 1. The topological polar surface area (TPSA) is 59.1 Å². The number of carbonyl (C=O) groups excluding carboxylic acids is 2. The number of Topliss-reactive ketones (excluding diaryl/α,β-unsaturated/α-hetero) is 1. The standard InChI is InChI=1S/C20H21F3N2O2/c1-13(2)18(26)10-17-9-16(7-8-24-17)19(27)25-12-15-5-3-14(4-6-15)11-20(21,22)23/h3-9,13H,10-12H2,1-2H3,(H,25,27). The van der Waals surface area contributed by atoms with Gasteiger partial charge in [-0.3, -0.25) is 14.6 Å². The number of rotatable bonds is 7. The summed E-state index contributed by atoms with van der Waals surface area (Å²) in [7, 11) is 0. The summed E-state index contributed by atoms with van der Waals surface area (Å²) < 4.78 is 37.1. The minimum atomic E-state index is -4.24. The molecule has 0 saturated carbocycles. The van der Waals surface area contributed by atoms with Crippen LogP contribution in [0.4, 0.5) is 13.2 Å². The summed E-state index contributed by atoms with van der Waals surface area (Å²) >= 11 is 0. The van der Waals surface area contributed by atoms with Crippen LogP contribution in [0.1, 0.15) is 41.0 Å². The fraction of sp³-hybridized carbons (Fsp3) is 0.350. The van der Waals surface area contributed by atoms with E-state index in [0.29, 0.717) is 16.8 Å². The largest absolute Gasteiger partial charge is 0.393 e. The van der Waals surface area contributed by atoms with Gasteiger partial charge in [0.05, 0.1) is 6.42 Å². The maximum absolute atomic E-state index is 12.4. The second-order valence-electron chi connectivity index (χ2n) is 6.62. The third-order valence-corrected chi connectivity index (χ3v) is 3.96. The van der Waals surface area contributed by atoms with Crippen LogP contribution in [0.15, 0.2) is 42.6 Å². The first-order chi connectivity index (χ1) is 12.6. The van der Waals surface area contributed by atoms with Crippen LogP contribution < -0.4 is 5.32 Å². The van der Waals surface area contributed by atoms with Crippen molar-refractivity contribution in [2.75, 3.05) is 0 Å². The molecule has 0 aliphatic carbocycles. The Hall–Kier alpha value is -2.70. The second kappa shape index (κ2) is 8.79. The molecule has 7 heteroatoms. The molecule has 27 heavy (non-hydrogen) atoms. The van der Waals surface area contributed by atoms with Gasteiger partial charge in [-0.25, -0.2) is 0 Å². The van der Waals surface area contributed by atoms with Crippen LogP contribution in [0.3, 0.4) is 0 Å². The van der Waals surface area contributed by atoms with Gasteiger partial charge in [-0.15, -0.1) is 0 Å². The van der Waals surface area contributed by atoms with Crippen LogP contribution in [-0.4, -0.2) is 22.9 Å². The van der Waals surface area contributed by atoms with Gasteiger partial charge in [0.25, 0.3) is 5.91 Å². The van der Waals surface area contributed by atoms with Crippen LogP contribution in [0.2, 0.25) is 0 Å². The molecule has 0 atom stereocenters. The average Bonchev–Trinajstić information content (AvgIpc) is 2.59. The number of carbonyl (C=O) groups is 2. The van der Waals surface area contributed by atoms with E-state index in [1.54, 1.807) is 38.1 Å². The number of pyridine rings is 1. The molecule has 4 nitrogen and oxygen atoms in total. The van der Waals surface area contributed by atoms with Crippen molar-refractivity contribution in [1.82, 2.24) is 10.3 Å². The normalized spacial score (nSPS) is 11.5. The van der Waals surface area contributed by atoms with Gasteiger partial charge in [0.2, 0.25) is 0 Å². The van der Waals surface area contributed by atoms with Crippen molar-refractivity contribution in [3.63, 3.8) is 0 Å². The Bertz CT molecular complexity index is 800. The molecular formula is C20H21F3N2O2. The number of nitrogens with one attached hydrogen (secondary N) is 1. The molecule has 1 aromatic heterocycles. The molecule has 1 heterocycles. The van der Waals surface area contributed by atoms with E-state index >= 15 is 0 Å². The van der Waals surface area contributed by atoms with Crippen LogP contribution >= 0.6 is 0 Å². The van der Waals surface area contributed by atoms with Crippen molar-refractivity contribution >= 4 is 11.7 Å². The number of hydrogen-bond acceptors (Lipinski definition) is 3. The van der Waals surface area contributed by atoms with E-state index < -0.39 is 12.6 Å². The molecule has 144 valence electrons. The van der Waals surface area contributed by atoms with E-state index in [0.717, 1.165) is 0 Å². The molecule has 1 aromatic carbocycles. The number of halogens is 3. The lowest BCUT2D eigenvalue weighted by Crippen LogP contribution is -2.23. The first kappa shape index (κ1) is 20.6.